The molecule has 0 aromatic heterocycles. The molecule has 1 unspecified atom stereocenters. The molecule has 2 heterocycles. The van der Waals surface area contributed by atoms with Crippen LogP contribution < -0.4 is 5.32 Å². The van der Waals surface area contributed by atoms with Crippen LogP contribution in [0.3, 0.4) is 0 Å². The summed E-state index contributed by atoms with van der Waals surface area (Å²) in [7, 11) is 0. The maximum absolute atomic E-state index is 3.50. The third kappa shape index (κ3) is 4.44. The molecule has 19 heavy (non-hydrogen) atoms. The van der Waals surface area contributed by atoms with Gasteiger partial charge in [0.15, 0.2) is 0 Å². The molecule has 3 nitrogen and oxygen atoms in total. The van der Waals surface area contributed by atoms with Gasteiger partial charge >= 0.3 is 0 Å². The lowest BCUT2D eigenvalue weighted by Crippen LogP contribution is -2.47. The van der Waals surface area contributed by atoms with Crippen LogP contribution in [0.25, 0.3) is 0 Å². The fraction of sp³-hybridized carbons (Fsp3) is 1.00. The van der Waals surface area contributed by atoms with Crippen LogP contribution in [0.1, 0.15) is 52.4 Å². The van der Waals surface area contributed by atoms with E-state index in [1.54, 1.807) is 0 Å². The minimum Gasteiger partial charge on any atom is -0.317 e. The van der Waals surface area contributed by atoms with Crippen molar-refractivity contribution in [1.29, 1.82) is 0 Å². The van der Waals surface area contributed by atoms with Crippen LogP contribution in [0.2, 0.25) is 0 Å². The Bertz CT molecular complexity index is 238. The minimum absolute atomic E-state index is 0.808. The van der Waals surface area contributed by atoms with Crippen molar-refractivity contribution < 1.29 is 0 Å². The number of nitrogens with zero attached hydrogens (tertiary/aromatic N) is 2. The van der Waals surface area contributed by atoms with Crippen molar-refractivity contribution in [3.63, 3.8) is 0 Å². The Morgan fingerprint density at radius 3 is 2.58 bits per heavy atom. The van der Waals surface area contributed by atoms with Gasteiger partial charge in [-0.15, -0.1) is 0 Å². The number of nitrogens with one attached hydrogen (secondary N) is 1. The van der Waals surface area contributed by atoms with Crippen LogP contribution in [0.5, 0.6) is 0 Å². The first-order valence-electron chi connectivity index (χ1n) is 8.54. The van der Waals surface area contributed by atoms with Crippen molar-refractivity contribution in [3.05, 3.63) is 0 Å². The zero-order chi connectivity index (χ0) is 13.5. The number of unbranched alkanes of at least 4 members (excludes halogenated alkanes) is 1. The van der Waals surface area contributed by atoms with Gasteiger partial charge in [0.25, 0.3) is 0 Å². The molecule has 0 amide bonds. The summed E-state index contributed by atoms with van der Waals surface area (Å²) >= 11 is 0. The number of piperidine rings is 1. The predicted molar refractivity (Wildman–Crippen MR) is 82.6 cm³/mol. The van der Waals surface area contributed by atoms with Gasteiger partial charge in [0.05, 0.1) is 0 Å². The minimum atomic E-state index is 0.808. The number of hydrogen-bond acceptors (Lipinski definition) is 3. The molecule has 2 aliphatic rings. The molecule has 2 rings (SSSR count). The molecule has 1 N–H and O–H groups in total. The molecule has 1 atom stereocenters. The summed E-state index contributed by atoms with van der Waals surface area (Å²) < 4.78 is 0. The van der Waals surface area contributed by atoms with Crippen LogP contribution >= 0.6 is 0 Å². The molecule has 0 saturated carbocycles. The Labute approximate surface area is 119 Å². The van der Waals surface area contributed by atoms with Crippen molar-refractivity contribution in [2.24, 2.45) is 0 Å². The lowest BCUT2D eigenvalue weighted by Gasteiger charge is -2.37. The standard InChI is InChI=1S/C16H33N3/c1-3-5-7-16-14-19(13-6-12-18(16)4-2)15-8-10-17-11-9-15/h15-17H,3-14H2,1-2H3. The summed E-state index contributed by atoms with van der Waals surface area (Å²) in [5, 5.41) is 3.50. The van der Waals surface area contributed by atoms with Crippen LogP contribution in [0, 0.1) is 0 Å². The van der Waals surface area contributed by atoms with E-state index in [9.17, 15) is 0 Å². The van der Waals surface area contributed by atoms with Gasteiger partial charge in [-0.25, -0.2) is 0 Å². The first-order valence-corrected chi connectivity index (χ1v) is 8.54. The lowest BCUT2D eigenvalue weighted by atomic mass is 10.0. The second-order valence-corrected chi connectivity index (χ2v) is 6.25. The van der Waals surface area contributed by atoms with Crippen LogP contribution in [0.4, 0.5) is 0 Å². The summed E-state index contributed by atoms with van der Waals surface area (Å²) in [4.78, 5) is 5.55. The molecule has 0 spiro atoms. The van der Waals surface area contributed by atoms with Crippen molar-refractivity contribution >= 4 is 0 Å². The Balaban J connectivity index is 1.93. The molecule has 0 bridgehead atoms. The van der Waals surface area contributed by atoms with E-state index in [4.69, 9.17) is 0 Å². The average Bonchev–Trinajstić information content (AvgIpc) is 2.68. The van der Waals surface area contributed by atoms with Crippen molar-refractivity contribution in [1.82, 2.24) is 15.1 Å². The third-order valence-electron chi connectivity index (χ3n) is 4.97. The van der Waals surface area contributed by atoms with Crippen molar-refractivity contribution in [2.45, 2.75) is 64.5 Å². The Morgan fingerprint density at radius 2 is 1.89 bits per heavy atom. The normalized spacial score (nSPS) is 28.4. The second-order valence-electron chi connectivity index (χ2n) is 6.25. The molecule has 0 aromatic carbocycles. The van der Waals surface area contributed by atoms with E-state index in [1.807, 2.05) is 0 Å². The molecule has 0 aromatic rings. The Morgan fingerprint density at radius 1 is 1.11 bits per heavy atom. The molecule has 0 aliphatic carbocycles. The smallest absolute Gasteiger partial charge is 0.0223 e. The van der Waals surface area contributed by atoms with Crippen molar-refractivity contribution in [3.8, 4) is 0 Å². The van der Waals surface area contributed by atoms with Crippen LogP contribution in [-0.4, -0.2) is 61.2 Å². The first-order chi connectivity index (χ1) is 9.35. The summed E-state index contributed by atoms with van der Waals surface area (Å²) in [5.74, 6) is 0. The number of rotatable bonds is 5. The van der Waals surface area contributed by atoms with Gasteiger partial charge in [-0.2, -0.15) is 0 Å². The second kappa shape index (κ2) is 8.23. The van der Waals surface area contributed by atoms with E-state index < -0.39 is 0 Å². The van der Waals surface area contributed by atoms with Gasteiger partial charge in [0.2, 0.25) is 0 Å². The molecule has 2 aliphatic heterocycles. The van der Waals surface area contributed by atoms with E-state index in [0.717, 1.165) is 12.1 Å². The Kier molecular flexibility index (Phi) is 6.62. The predicted octanol–water partition coefficient (Wildman–Crippen LogP) is 2.32. The average molecular weight is 267 g/mol. The highest BCUT2D eigenvalue weighted by molar-refractivity contribution is 4.85. The van der Waals surface area contributed by atoms with Gasteiger partial charge in [-0.05, 0) is 58.4 Å². The Hall–Kier alpha value is -0.120. The zero-order valence-electron chi connectivity index (χ0n) is 13.0. The zero-order valence-corrected chi connectivity index (χ0v) is 13.0. The maximum Gasteiger partial charge on any atom is 0.0223 e. The molecule has 2 saturated heterocycles. The topological polar surface area (TPSA) is 18.5 Å². The molecule has 3 heteroatoms. The number of hydrogen-bond donors (Lipinski definition) is 1. The van der Waals surface area contributed by atoms with E-state index in [1.165, 1.54) is 77.8 Å². The summed E-state index contributed by atoms with van der Waals surface area (Å²) in [6.07, 6.45) is 8.19. The largest absolute Gasteiger partial charge is 0.317 e. The fourth-order valence-corrected chi connectivity index (χ4v) is 3.77. The van der Waals surface area contributed by atoms with Gasteiger partial charge in [-0.3, -0.25) is 9.80 Å². The van der Waals surface area contributed by atoms with Crippen molar-refractivity contribution in [2.75, 3.05) is 39.3 Å². The van der Waals surface area contributed by atoms with Gasteiger partial charge in [0.1, 0.15) is 0 Å². The van der Waals surface area contributed by atoms with E-state index in [-0.39, 0.29) is 0 Å². The molecular formula is C16H33N3. The first kappa shape index (κ1) is 15.3. The molecular weight excluding hydrogens is 234 g/mol. The summed E-state index contributed by atoms with van der Waals surface area (Å²) in [5.41, 5.74) is 0. The van der Waals surface area contributed by atoms with Gasteiger partial charge in [-0.1, -0.05) is 26.7 Å². The summed E-state index contributed by atoms with van der Waals surface area (Å²) in [6, 6.07) is 1.66. The highest BCUT2D eigenvalue weighted by Crippen LogP contribution is 2.20. The highest BCUT2D eigenvalue weighted by Gasteiger charge is 2.28. The lowest BCUT2D eigenvalue weighted by molar-refractivity contribution is 0.128. The fourth-order valence-electron chi connectivity index (χ4n) is 3.77. The molecule has 0 radical (unpaired) electrons. The van der Waals surface area contributed by atoms with Crippen LogP contribution in [0.15, 0.2) is 0 Å². The third-order valence-corrected chi connectivity index (χ3v) is 4.97. The van der Waals surface area contributed by atoms with Gasteiger partial charge < -0.3 is 5.32 Å². The van der Waals surface area contributed by atoms with Gasteiger partial charge in [0, 0.05) is 18.6 Å². The number of likely N-dealkylation sites (N-methyl/N-ethyl adjacent to an activating group) is 1. The molecule has 2 fully saturated rings. The van der Waals surface area contributed by atoms with Crippen LogP contribution in [-0.2, 0) is 0 Å². The molecule has 112 valence electrons. The highest BCUT2D eigenvalue weighted by atomic mass is 15.3. The van der Waals surface area contributed by atoms with E-state index >= 15 is 0 Å². The summed E-state index contributed by atoms with van der Waals surface area (Å²) in [6.45, 7) is 12.3. The quantitative estimate of drug-likeness (QED) is 0.825. The van der Waals surface area contributed by atoms with E-state index in [0.29, 0.717) is 0 Å². The maximum atomic E-state index is 3.50. The SMILES string of the molecule is CCCCC1CN(C2CCNCC2)CCCN1CC. The monoisotopic (exact) mass is 267 g/mol. The van der Waals surface area contributed by atoms with E-state index in [2.05, 4.69) is 29.0 Å².